The van der Waals surface area contributed by atoms with Gasteiger partial charge in [-0.25, -0.2) is 9.98 Å². The van der Waals surface area contributed by atoms with E-state index in [0.29, 0.717) is 25.0 Å². The highest BCUT2D eigenvalue weighted by molar-refractivity contribution is 5.98. The van der Waals surface area contributed by atoms with Gasteiger partial charge in [0.25, 0.3) is 0 Å². The number of nitrogens with zero attached hydrogens (tertiary/aromatic N) is 4. The second-order valence-electron chi connectivity index (χ2n) is 15.3. The minimum absolute atomic E-state index is 0.221. The molecule has 1 spiro atoms. The Morgan fingerprint density at radius 2 is 0.863 bits per heavy atom. The van der Waals surface area contributed by atoms with E-state index in [2.05, 4.69) is 137 Å². The van der Waals surface area contributed by atoms with E-state index in [-0.39, 0.29) is 11.1 Å². The van der Waals surface area contributed by atoms with E-state index in [9.17, 15) is 0 Å². The first-order valence-corrected chi connectivity index (χ1v) is 17.6. The quantitative estimate of drug-likeness (QED) is 0.188. The van der Waals surface area contributed by atoms with Crippen LogP contribution in [0.3, 0.4) is 0 Å². The van der Waals surface area contributed by atoms with Gasteiger partial charge in [-0.1, -0.05) is 72.8 Å². The van der Waals surface area contributed by atoms with Gasteiger partial charge in [0.05, 0.1) is 39.0 Å². The molecular formula is C45H36N4O2. The van der Waals surface area contributed by atoms with Crippen LogP contribution in [0.15, 0.2) is 132 Å². The van der Waals surface area contributed by atoms with Gasteiger partial charge in [0, 0.05) is 23.5 Å². The molecule has 0 unspecified atom stereocenters. The van der Waals surface area contributed by atoms with Crippen molar-refractivity contribution in [2.75, 3.05) is 13.2 Å². The molecule has 2 aliphatic heterocycles. The summed E-state index contributed by atoms with van der Waals surface area (Å²) < 4.78 is 11.8. The summed E-state index contributed by atoms with van der Waals surface area (Å²) in [5.41, 5.74) is 15.0. The fourth-order valence-corrected chi connectivity index (χ4v) is 8.30. The summed E-state index contributed by atoms with van der Waals surface area (Å²) >= 11 is 0. The minimum Gasteiger partial charge on any atom is -0.475 e. The average molecular weight is 665 g/mol. The lowest BCUT2D eigenvalue weighted by atomic mass is 9.70. The fraction of sp³-hybridized carbons (Fsp3) is 0.200. The zero-order valence-corrected chi connectivity index (χ0v) is 29.1. The smallest absolute Gasteiger partial charge is 0.218 e. The lowest BCUT2D eigenvalue weighted by molar-refractivity contribution is 0.279. The highest BCUT2D eigenvalue weighted by Gasteiger charge is 2.51. The van der Waals surface area contributed by atoms with E-state index in [4.69, 9.17) is 29.4 Å². The van der Waals surface area contributed by atoms with E-state index in [1.54, 1.807) is 0 Å². The third-order valence-corrected chi connectivity index (χ3v) is 10.6. The Bertz CT molecular complexity index is 2300. The number of hydrogen-bond acceptors (Lipinski definition) is 6. The molecule has 51 heavy (non-hydrogen) atoms. The highest BCUT2D eigenvalue weighted by atomic mass is 16.5. The SMILES string of the molecule is CC1(C)COC(c2ccc(-c3ccc4c(c3)C3(c5ccccc5-c5ccccc53)c3cc(-c5ccc(C6=NC(C)(C)CO6)cn5)ccc3-4)nc2)=N1. The van der Waals surface area contributed by atoms with E-state index in [0.717, 1.165) is 33.6 Å². The number of pyridine rings is 2. The lowest BCUT2D eigenvalue weighted by Crippen LogP contribution is -2.26. The third kappa shape index (κ3) is 4.48. The van der Waals surface area contributed by atoms with Gasteiger partial charge in [0.1, 0.15) is 13.2 Å². The van der Waals surface area contributed by atoms with Gasteiger partial charge >= 0.3 is 0 Å². The Kier molecular flexibility index (Phi) is 6.21. The zero-order chi connectivity index (χ0) is 34.5. The molecule has 2 aliphatic carbocycles. The second kappa shape index (κ2) is 10.6. The summed E-state index contributed by atoms with van der Waals surface area (Å²) in [5, 5.41) is 0. The summed E-state index contributed by atoms with van der Waals surface area (Å²) in [6, 6.07) is 39.7. The van der Waals surface area contributed by atoms with Crippen molar-refractivity contribution in [3.63, 3.8) is 0 Å². The monoisotopic (exact) mass is 664 g/mol. The van der Waals surface area contributed by atoms with E-state index < -0.39 is 5.41 Å². The fourth-order valence-electron chi connectivity index (χ4n) is 8.30. The van der Waals surface area contributed by atoms with Gasteiger partial charge in [-0.15, -0.1) is 0 Å². The van der Waals surface area contributed by atoms with Crippen molar-refractivity contribution in [2.45, 2.75) is 44.2 Å². The van der Waals surface area contributed by atoms with Gasteiger partial charge in [-0.3, -0.25) is 9.97 Å². The Labute approximate surface area is 297 Å². The molecule has 0 radical (unpaired) electrons. The van der Waals surface area contributed by atoms with Crippen molar-refractivity contribution >= 4 is 11.8 Å². The van der Waals surface area contributed by atoms with Crippen LogP contribution in [-0.4, -0.2) is 46.1 Å². The van der Waals surface area contributed by atoms with Crippen LogP contribution in [0.1, 0.15) is 61.1 Å². The Morgan fingerprint density at radius 3 is 1.25 bits per heavy atom. The number of aromatic nitrogens is 2. The van der Waals surface area contributed by atoms with Crippen molar-refractivity contribution in [2.24, 2.45) is 9.98 Å². The van der Waals surface area contributed by atoms with Crippen LogP contribution in [0.5, 0.6) is 0 Å². The Balaban J connectivity index is 1.13. The molecular weight excluding hydrogens is 629 g/mol. The molecule has 0 bridgehead atoms. The normalized spacial score (nSPS) is 17.9. The van der Waals surface area contributed by atoms with Crippen LogP contribution in [0.2, 0.25) is 0 Å². The van der Waals surface area contributed by atoms with Gasteiger partial charge in [-0.2, -0.15) is 0 Å². The predicted octanol–water partition coefficient (Wildman–Crippen LogP) is 9.26. The first-order chi connectivity index (χ1) is 24.7. The maximum atomic E-state index is 5.90. The third-order valence-electron chi connectivity index (χ3n) is 10.6. The molecule has 4 aliphatic rings. The molecule has 0 saturated carbocycles. The lowest BCUT2D eigenvalue weighted by Gasteiger charge is -2.31. The van der Waals surface area contributed by atoms with Gasteiger partial charge in [-0.05, 0) is 109 Å². The standard InChI is InChI=1S/C45H36N4O2/c1-43(2)25-50-41(48-43)29-15-19-39(46-23-29)27-13-17-33-34-18-14-28(40-20-16-30(24-47-40)42-49-44(3,4)26-51-42)22-38(34)45(37(33)21-27)35-11-7-5-9-31(35)32-10-6-8-12-36(32)45/h5-24H,25-26H2,1-4H3. The summed E-state index contributed by atoms with van der Waals surface area (Å²) in [5.74, 6) is 1.32. The van der Waals surface area contributed by atoms with E-state index in [1.807, 2.05) is 12.4 Å². The molecule has 4 heterocycles. The molecule has 6 aromatic rings. The number of rotatable bonds is 4. The summed E-state index contributed by atoms with van der Waals surface area (Å²) in [4.78, 5) is 19.4. The molecule has 0 amide bonds. The van der Waals surface area contributed by atoms with Crippen LogP contribution in [-0.2, 0) is 14.9 Å². The molecule has 0 saturated heterocycles. The maximum Gasteiger partial charge on any atom is 0.218 e. The minimum atomic E-state index is -0.500. The Morgan fingerprint density at radius 1 is 0.451 bits per heavy atom. The van der Waals surface area contributed by atoms with Crippen LogP contribution in [0, 0.1) is 0 Å². The zero-order valence-electron chi connectivity index (χ0n) is 29.1. The van der Waals surface area contributed by atoms with Crippen LogP contribution in [0.4, 0.5) is 0 Å². The number of ether oxygens (including phenoxy) is 2. The summed E-state index contributed by atoms with van der Waals surface area (Å²) in [7, 11) is 0. The molecule has 10 rings (SSSR count). The van der Waals surface area contributed by atoms with Gasteiger partial charge < -0.3 is 9.47 Å². The number of fused-ring (bicyclic) bond motifs is 10. The molecule has 2 aromatic heterocycles. The predicted molar refractivity (Wildman–Crippen MR) is 202 cm³/mol. The van der Waals surface area contributed by atoms with Crippen molar-refractivity contribution in [3.8, 4) is 44.8 Å². The number of hydrogen-bond donors (Lipinski definition) is 0. The van der Waals surface area contributed by atoms with Crippen molar-refractivity contribution in [1.82, 2.24) is 9.97 Å². The molecule has 6 nitrogen and oxygen atoms in total. The molecule has 6 heteroatoms. The largest absolute Gasteiger partial charge is 0.475 e. The summed E-state index contributed by atoms with van der Waals surface area (Å²) in [6.45, 7) is 9.48. The van der Waals surface area contributed by atoms with E-state index in [1.165, 1.54) is 44.5 Å². The van der Waals surface area contributed by atoms with Crippen LogP contribution >= 0.6 is 0 Å². The topological polar surface area (TPSA) is 69.0 Å². The average Bonchev–Trinajstić information content (AvgIpc) is 3.88. The molecule has 4 aromatic carbocycles. The Hall–Kier alpha value is -5.88. The van der Waals surface area contributed by atoms with Crippen LogP contribution < -0.4 is 0 Å². The molecule has 0 N–H and O–H groups in total. The molecule has 0 fully saturated rings. The summed E-state index contributed by atoms with van der Waals surface area (Å²) in [6.07, 6.45) is 3.76. The van der Waals surface area contributed by atoms with Crippen molar-refractivity contribution in [3.05, 3.63) is 155 Å². The number of aliphatic imine (C=N–C) groups is 2. The van der Waals surface area contributed by atoms with Crippen LogP contribution in [0.25, 0.3) is 44.8 Å². The van der Waals surface area contributed by atoms with E-state index >= 15 is 0 Å². The first kappa shape index (κ1) is 30.0. The molecule has 0 atom stereocenters. The van der Waals surface area contributed by atoms with Crippen molar-refractivity contribution < 1.29 is 9.47 Å². The van der Waals surface area contributed by atoms with Gasteiger partial charge in [0.15, 0.2) is 0 Å². The van der Waals surface area contributed by atoms with Crippen molar-refractivity contribution in [1.29, 1.82) is 0 Å². The highest BCUT2D eigenvalue weighted by Crippen LogP contribution is 2.63. The second-order valence-corrected chi connectivity index (χ2v) is 15.3. The maximum absolute atomic E-state index is 5.90. The first-order valence-electron chi connectivity index (χ1n) is 17.6. The molecule has 248 valence electrons. The van der Waals surface area contributed by atoms with Gasteiger partial charge in [0.2, 0.25) is 11.8 Å². The number of benzene rings is 4.